The zero-order chi connectivity index (χ0) is 33.1. The molecule has 3 N–H and O–H groups in total. The van der Waals surface area contributed by atoms with Crippen LogP contribution in [0.1, 0.15) is 40.3 Å². The highest BCUT2D eigenvalue weighted by Crippen LogP contribution is 2.43. The van der Waals surface area contributed by atoms with Crippen molar-refractivity contribution in [2.45, 2.75) is 37.5 Å². The third-order valence-electron chi connectivity index (χ3n) is 7.76. The molecular formula is C35H34BrClN6O4. The number of amides is 1. The second-order valence-corrected chi connectivity index (χ2v) is 12.2. The SMILES string of the molecule is [N-]=[N+]=NCc1ccccc1C[C@]1(C(=O)NNCCc2ccccc2Cl)N=C(c2ccc(OCCCO)cc2)O[C@H]1c1ccc(Br)cc1. The molecule has 0 spiro atoms. The summed E-state index contributed by atoms with van der Waals surface area (Å²) in [7, 11) is 0. The number of rotatable bonds is 15. The summed E-state index contributed by atoms with van der Waals surface area (Å²) in [6, 6.07) is 30.0. The quantitative estimate of drug-likeness (QED) is 0.0398. The maximum absolute atomic E-state index is 14.5. The van der Waals surface area contributed by atoms with Gasteiger partial charge >= 0.3 is 0 Å². The fraction of sp³-hybridized carbons (Fsp3) is 0.257. The van der Waals surface area contributed by atoms with Gasteiger partial charge < -0.3 is 14.6 Å². The topological polar surface area (TPSA) is 141 Å². The monoisotopic (exact) mass is 716 g/mol. The second-order valence-electron chi connectivity index (χ2n) is 10.9. The molecule has 0 aromatic heterocycles. The Bertz CT molecular complexity index is 1750. The molecule has 47 heavy (non-hydrogen) atoms. The number of carbonyl (C=O) groups excluding carboxylic acids is 1. The number of aliphatic imine (C=N–C) groups is 1. The van der Waals surface area contributed by atoms with Crippen LogP contribution >= 0.6 is 27.5 Å². The molecule has 4 aromatic carbocycles. The van der Waals surface area contributed by atoms with Crippen molar-refractivity contribution in [2.24, 2.45) is 10.1 Å². The van der Waals surface area contributed by atoms with Crippen molar-refractivity contribution in [3.8, 4) is 5.75 Å². The number of halogens is 2. The van der Waals surface area contributed by atoms with E-state index in [0.717, 1.165) is 26.7 Å². The molecule has 242 valence electrons. The number of azide groups is 1. The van der Waals surface area contributed by atoms with Crippen molar-refractivity contribution in [1.29, 1.82) is 0 Å². The van der Waals surface area contributed by atoms with Gasteiger partial charge in [0.05, 0.1) is 13.2 Å². The number of nitrogens with zero attached hydrogens (tertiary/aromatic N) is 4. The van der Waals surface area contributed by atoms with Crippen LogP contribution in [0.15, 0.2) is 112 Å². The molecule has 0 radical (unpaired) electrons. The van der Waals surface area contributed by atoms with Gasteiger partial charge in [0, 0.05) is 46.0 Å². The normalized spacial score (nSPS) is 16.9. The number of ether oxygens (including phenoxy) is 2. The maximum Gasteiger partial charge on any atom is 0.266 e. The Hall–Kier alpha value is -4.38. The van der Waals surface area contributed by atoms with Gasteiger partial charge in [-0.15, -0.1) is 0 Å². The van der Waals surface area contributed by atoms with Crippen LogP contribution in [0.3, 0.4) is 0 Å². The summed E-state index contributed by atoms with van der Waals surface area (Å²) in [6.45, 7) is 0.988. The van der Waals surface area contributed by atoms with E-state index >= 15 is 0 Å². The first kappa shape index (κ1) is 34.0. The van der Waals surface area contributed by atoms with Crippen LogP contribution in [0, 0.1) is 0 Å². The standard InChI is InChI=1S/C35H34BrClN6O4/c36-29-14-10-25(11-15-29)32-35(22-27-7-1-2-8-28(27)23-40-43-38,34(45)42-39-19-18-24-6-3-4-9-31(24)37)41-33(47-32)26-12-16-30(17-13-26)46-21-5-20-44/h1-4,6-17,32,39,44H,5,18-23H2,(H,42,45)/t32-,35-/m0/s1. The molecule has 0 bridgehead atoms. The zero-order valence-corrected chi connectivity index (χ0v) is 27.8. The van der Waals surface area contributed by atoms with Crippen molar-refractivity contribution in [2.75, 3.05) is 19.8 Å². The number of nitrogens with one attached hydrogen (secondary N) is 2. The van der Waals surface area contributed by atoms with Crippen molar-refractivity contribution < 1.29 is 19.4 Å². The molecule has 0 unspecified atom stereocenters. The highest BCUT2D eigenvalue weighted by Gasteiger charge is 2.53. The molecule has 0 fully saturated rings. The summed E-state index contributed by atoms with van der Waals surface area (Å²) in [5, 5.41) is 13.5. The lowest BCUT2D eigenvalue weighted by Gasteiger charge is -2.31. The Morgan fingerprint density at radius 3 is 2.43 bits per heavy atom. The van der Waals surface area contributed by atoms with Crippen molar-refractivity contribution in [3.05, 3.63) is 145 Å². The van der Waals surface area contributed by atoms with Crippen LogP contribution in [0.2, 0.25) is 5.02 Å². The van der Waals surface area contributed by atoms with Crippen molar-refractivity contribution >= 4 is 39.3 Å². The molecule has 5 rings (SSSR count). The molecule has 10 nitrogen and oxygen atoms in total. The number of carbonyl (C=O) groups is 1. The molecule has 1 amide bonds. The summed E-state index contributed by atoms with van der Waals surface area (Å²) in [6.07, 6.45) is 0.478. The van der Waals surface area contributed by atoms with E-state index in [1.807, 2.05) is 84.9 Å². The lowest BCUT2D eigenvalue weighted by molar-refractivity contribution is -0.130. The first-order valence-electron chi connectivity index (χ1n) is 15.1. The van der Waals surface area contributed by atoms with Crippen molar-refractivity contribution in [3.63, 3.8) is 0 Å². The van der Waals surface area contributed by atoms with Gasteiger partial charge in [-0.25, -0.2) is 10.4 Å². The summed E-state index contributed by atoms with van der Waals surface area (Å²) in [5.41, 5.74) is 17.5. The van der Waals surface area contributed by atoms with E-state index in [1.165, 1.54) is 0 Å². The average molecular weight is 718 g/mol. The Labute approximate surface area is 286 Å². The molecule has 0 saturated carbocycles. The first-order valence-corrected chi connectivity index (χ1v) is 16.3. The van der Waals surface area contributed by atoms with E-state index < -0.39 is 11.6 Å². The largest absolute Gasteiger partial charge is 0.494 e. The summed E-state index contributed by atoms with van der Waals surface area (Å²) in [4.78, 5) is 22.5. The molecule has 4 aromatic rings. The zero-order valence-electron chi connectivity index (χ0n) is 25.5. The highest BCUT2D eigenvalue weighted by atomic mass is 79.9. The van der Waals surface area contributed by atoms with Crippen LogP contribution in [0.4, 0.5) is 0 Å². The number of benzene rings is 4. The Balaban J connectivity index is 1.52. The van der Waals surface area contributed by atoms with E-state index in [1.54, 1.807) is 12.1 Å². The predicted molar refractivity (Wildman–Crippen MR) is 185 cm³/mol. The van der Waals surface area contributed by atoms with Crippen LogP contribution in [0.25, 0.3) is 10.4 Å². The van der Waals surface area contributed by atoms with Crippen LogP contribution in [-0.4, -0.2) is 42.2 Å². The van der Waals surface area contributed by atoms with Gasteiger partial charge in [0.25, 0.3) is 5.91 Å². The fourth-order valence-electron chi connectivity index (χ4n) is 5.35. The van der Waals surface area contributed by atoms with Gasteiger partial charge in [0.1, 0.15) is 5.75 Å². The van der Waals surface area contributed by atoms with Gasteiger partial charge in [-0.05, 0) is 76.7 Å². The van der Waals surface area contributed by atoms with Gasteiger partial charge in [-0.1, -0.05) is 87.2 Å². The van der Waals surface area contributed by atoms with E-state index in [0.29, 0.717) is 48.2 Å². The minimum Gasteiger partial charge on any atom is -0.494 e. The predicted octanol–water partition coefficient (Wildman–Crippen LogP) is 7.04. The third-order valence-corrected chi connectivity index (χ3v) is 8.66. The maximum atomic E-state index is 14.5. The fourth-order valence-corrected chi connectivity index (χ4v) is 5.85. The molecule has 12 heteroatoms. The van der Waals surface area contributed by atoms with E-state index in [4.69, 9.17) is 36.7 Å². The minimum absolute atomic E-state index is 0.0468. The van der Waals surface area contributed by atoms with Gasteiger partial charge in [-0.3, -0.25) is 10.2 Å². The van der Waals surface area contributed by atoms with Gasteiger partial charge in [0.2, 0.25) is 5.90 Å². The van der Waals surface area contributed by atoms with Gasteiger partial charge in [-0.2, -0.15) is 0 Å². The second kappa shape index (κ2) is 16.4. The molecule has 1 aliphatic heterocycles. The Morgan fingerprint density at radius 1 is 1.02 bits per heavy atom. The Morgan fingerprint density at radius 2 is 1.72 bits per heavy atom. The summed E-state index contributed by atoms with van der Waals surface area (Å²) in [5.74, 6) is 0.560. The molecule has 2 atom stereocenters. The number of hydrogen-bond acceptors (Lipinski definition) is 7. The molecule has 0 aliphatic carbocycles. The van der Waals surface area contributed by atoms with E-state index in [-0.39, 0.29) is 25.5 Å². The lowest BCUT2D eigenvalue weighted by Crippen LogP contribution is -2.54. The van der Waals surface area contributed by atoms with E-state index in [9.17, 15) is 4.79 Å². The number of aliphatic hydroxyl groups excluding tert-OH is 1. The molecular weight excluding hydrogens is 684 g/mol. The van der Waals surface area contributed by atoms with Crippen molar-refractivity contribution in [1.82, 2.24) is 10.9 Å². The van der Waals surface area contributed by atoms with E-state index in [2.05, 4.69) is 36.8 Å². The molecule has 0 saturated heterocycles. The smallest absolute Gasteiger partial charge is 0.266 e. The number of aliphatic hydroxyl groups is 1. The number of hydrogen-bond donors (Lipinski definition) is 3. The van der Waals surface area contributed by atoms with Crippen LogP contribution in [-0.2, 0) is 28.9 Å². The van der Waals surface area contributed by atoms with Gasteiger partial charge in [0.15, 0.2) is 11.6 Å². The number of hydrazine groups is 1. The lowest BCUT2D eigenvalue weighted by atomic mass is 9.81. The Kier molecular flexibility index (Phi) is 11.9. The summed E-state index contributed by atoms with van der Waals surface area (Å²) < 4.78 is 13.2. The molecule has 1 aliphatic rings. The first-order chi connectivity index (χ1) is 22.9. The third kappa shape index (κ3) is 8.51. The average Bonchev–Trinajstić information content (AvgIpc) is 3.48. The minimum atomic E-state index is -1.46. The summed E-state index contributed by atoms with van der Waals surface area (Å²) >= 11 is 9.86. The highest BCUT2D eigenvalue weighted by molar-refractivity contribution is 9.10. The van der Waals surface area contributed by atoms with Crippen LogP contribution in [0.5, 0.6) is 5.75 Å². The van der Waals surface area contributed by atoms with Crippen LogP contribution < -0.4 is 15.6 Å². The molecule has 1 heterocycles.